The first-order valence-corrected chi connectivity index (χ1v) is 13.2. The van der Waals surface area contributed by atoms with E-state index in [2.05, 4.69) is 32.2 Å². The van der Waals surface area contributed by atoms with Crippen LogP contribution in [-0.2, 0) is 14.3 Å². The average molecular weight is 487 g/mol. The molecule has 3 aliphatic rings. The van der Waals surface area contributed by atoms with E-state index in [4.69, 9.17) is 14.2 Å². The Kier molecular flexibility index (Phi) is 7.65. The monoisotopic (exact) mass is 486 g/mol. The third-order valence-electron chi connectivity index (χ3n) is 8.55. The molecular formula is C28H42N2O5. The van der Waals surface area contributed by atoms with E-state index >= 15 is 0 Å². The van der Waals surface area contributed by atoms with Crippen LogP contribution in [0.15, 0.2) is 18.2 Å². The van der Waals surface area contributed by atoms with Crippen LogP contribution < -0.4 is 14.8 Å². The summed E-state index contributed by atoms with van der Waals surface area (Å²) in [7, 11) is 1.68. The normalized spacial score (nSPS) is 26.3. The SMILES string of the molecule is COc1cccc2c1OC(C)(C)[C@H]1CC3(CCN(C(=O)CCCCCNC(C)=O)CC3)[C@H](C)O[C@H]21. The fourth-order valence-corrected chi connectivity index (χ4v) is 6.25. The minimum atomic E-state index is -0.371. The first kappa shape index (κ1) is 25.8. The molecule has 0 aliphatic carbocycles. The number of nitrogens with one attached hydrogen (secondary N) is 1. The molecule has 7 nitrogen and oxygen atoms in total. The van der Waals surface area contributed by atoms with Crippen LogP contribution in [0.2, 0.25) is 0 Å². The second-order valence-electron chi connectivity index (χ2n) is 11.1. The van der Waals surface area contributed by atoms with Crippen molar-refractivity contribution in [3.05, 3.63) is 23.8 Å². The lowest BCUT2D eigenvalue weighted by atomic mass is 9.61. The highest BCUT2D eigenvalue weighted by Gasteiger charge is 2.56. The molecule has 3 heterocycles. The quantitative estimate of drug-likeness (QED) is 0.569. The van der Waals surface area contributed by atoms with Gasteiger partial charge in [-0.2, -0.15) is 0 Å². The Morgan fingerprint density at radius 1 is 1.17 bits per heavy atom. The van der Waals surface area contributed by atoms with Crippen LogP contribution in [0.1, 0.15) is 84.3 Å². The number of rotatable bonds is 7. The Bertz CT molecular complexity index is 922. The van der Waals surface area contributed by atoms with Crippen LogP contribution in [0.25, 0.3) is 0 Å². The van der Waals surface area contributed by atoms with Gasteiger partial charge in [-0.25, -0.2) is 0 Å². The molecular weight excluding hydrogens is 444 g/mol. The lowest BCUT2D eigenvalue weighted by Crippen LogP contribution is -2.57. The molecule has 1 spiro atoms. The maximum atomic E-state index is 12.8. The van der Waals surface area contributed by atoms with E-state index in [1.807, 2.05) is 17.0 Å². The van der Waals surface area contributed by atoms with Gasteiger partial charge in [-0.05, 0) is 58.9 Å². The van der Waals surface area contributed by atoms with Crippen LogP contribution in [-0.4, -0.2) is 55.2 Å². The number of amides is 2. The molecule has 2 fully saturated rings. The molecule has 0 aromatic heterocycles. The molecule has 3 aliphatic heterocycles. The molecule has 2 amide bonds. The Balaban J connectivity index is 1.36. The molecule has 0 radical (unpaired) electrons. The van der Waals surface area contributed by atoms with Gasteiger partial charge >= 0.3 is 0 Å². The van der Waals surface area contributed by atoms with Gasteiger partial charge in [0, 0.05) is 49.9 Å². The van der Waals surface area contributed by atoms with Gasteiger partial charge in [0.1, 0.15) is 5.60 Å². The third-order valence-corrected chi connectivity index (χ3v) is 8.55. The van der Waals surface area contributed by atoms with E-state index in [0.717, 1.165) is 68.7 Å². The summed E-state index contributed by atoms with van der Waals surface area (Å²) in [5.74, 6) is 2.06. The number of likely N-dealkylation sites (tertiary alicyclic amines) is 1. The van der Waals surface area contributed by atoms with Crippen LogP contribution in [0.4, 0.5) is 0 Å². The summed E-state index contributed by atoms with van der Waals surface area (Å²) in [5.41, 5.74) is 0.776. The molecule has 7 heteroatoms. The second kappa shape index (κ2) is 10.4. The summed E-state index contributed by atoms with van der Waals surface area (Å²) < 4.78 is 18.9. The molecule has 0 bridgehead atoms. The topological polar surface area (TPSA) is 77.1 Å². The minimum Gasteiger partial charge on any atom is -0.493 e. The number of ether oxygens (including phenoxy) is 3. The van der Waals surface area contributed by atoms with Gasteiger partial charge < -0.3 is 24.4 Å². The first-order chi connectivity index (χ1) is 16.7. The summed E-state index contributed by atoms with van der Waals surface area (Å²) in [4.78, 5) is 25.8. The van der Waals surface area contributed by atoms with Crippen molar-refractivity contribution in [3.63, 3.8) is 0 Å². The highest BCUT2D eigenvalue weighted by atomic mass is 16.5. The molecule has 35 heavy (non-hydrogen) atoms. The van der Waals surface area contributed by atoms with Crippen LogP contribution in [0.3, 0.4) is 0 Å². The fraction of sp³-hybridized carbons (Fsp3) is 0.714. The van der Waals surface area contributed by atoms with Crippen molar-refractivity contribution < 1.29 is 23.8 Å². The van der Waals surface area contributed by atoms with E-state index in [1.54, 1.807) is 7.11 Å². The van der Waals surface area contributed by atoms with Crippen molar-refractivity contribution in [2.24, 2.45) is 11.3 Å². The number of nitrogens with zero attached hydrogens (tertiary/aromatic N) is 1. The van der Waals surface area contributed by atoms with Crippen LogP contribution >= 0.6 is 0 Å². The second-order valence-corrected chi connectivity index (χ2v) is 11.1. The average Bonchev–Trinajstić information content (AvgIpc) is 2.82. The minimum absolute atomic E-state index is 0.00248. The number of piperidine rings is 1. The van der Waals surface area contributed by atoms with Gasteiger partial charge in [0.2, 0.25) is 11.8 Å². The number of carbonyl (C=O) groups is 2. The molecule has 194 valence electrons. The van der Waals surface area contributed by atoms with E-state index in [9.17, 15) is 9.59 Å². The number of unbranched alkanes of at least 4 members (excludes halogenated alkanes) is 2. The van der Waals surface area contributed by atoms with Crippen molar-refractivity contribution in [1.29, 1.82) is 0 Å². The summed E-state index contributed by atoms with van der Waals surface area (Å²) >= 11 is 0. The Hall–Kier alpha value is -2.28. The van der Waals surface area contributed by atoms with Gasteiger partial charge in [-0.15, -0.1) is 0 Å². The fourth-order valence-electron chi connectivity index (χ4n) is 6.25. The van der Waals surface area contributed by atoms with E-state index in [1.165, 1.54) is 6.92 Å². The van der Waals surface area contributed by atoms with Gasteiger partial charge in [-0.3, -0.25) is 9.59 Å². The van der Waals surface area contributed by atoms with Crippen molar-refractivity contribution in [1.82, 2.24) is 10.2 Å². The first-order valence-electron chi connectivity index (χ1n) is 13.2. The highest BCUT2D eigenvalue weighted by Crippen LogP contribution is 2.59. The smallest absolute Gasteiger partial charge is 0.222 e. The molecule has 0 saturated carbocycles. The number of hydrogen-bond acceptors (Lipinski definition) is 5. The zero-order valence-corrected chi connectivity index (χ0v) is 22.0. The highest BCUT2D eigenvalue weighted by molar-refractivity contribution is 5.76. The maximum absolute atomic E-state index is 12.8. The Morgan fingerprint density at radius 2 is 1.91 bits per heavy atom. The number of para-hydroxylation sites is 1. The number of carbonyl (C=O) groups excluding carboxylic acids is 2. The molecule has 1 aromatic rings. The predicted molar refractivity (Wildman–Crippen MR) is 134 cm³/mol. The van der Waals surface area contributed by atoms with Crippen molar-refractivity contribution >= 4 is 11.8 Å². The Labute approximate surface area is 209 Å². The lowest BCUT2D eigenvalue weighted by Gasteiger charge is -2.57. The summed E-state index contributed by atoms with van der Waals surface area (Å²) in [6.45, 7) is 10.3. The van der Waals surface area contributed by atoms with Crippen molar-refractivity contribution in [2.75, 3.05) is 26.7 Å². The molecule has 3 atom stereocenters. The van der Waals surface area contributed by atoms with Gasteiger partial charge in [0.05, 0.1) is 19.3 Å². The van der Waals surface area contributed by atoms with Crippen molar-refractivity contribution in [3.8, 4) is 11.5 Å². The zero-order valence-electron chi connectivity index (χ0n) is 22.0. The van der Waals surface area contributed by atoms with E-state index in [-0.39, 0.29) is 41.0 Å². The number of hydrogen-bond donors (Lipinski definition) is 1. The molecule has 2 saturated heterocycles. The molecule has 4 rings (SSSR count). The van der Waals surface area contributed by atoms with Gasteiger partial charge in [0.15, 0.2) is 11.5 Å². The largest absolute Gasteiger partial charge is 0.493 e. The Morgan fingerprint density at radius 3 is 2.60 bits per heavy atom. The van der Waals surface area contributed by atoms with Gasteiger partial charge in [-0.1, -0.05) is 18.6 Å². The van der Waals surface area contributed by atoms with Crippen molar-refractivity contribution in [2.45, 2.75) is 90.4 Å². The predicted octanol–water partition coefficient (Wildman–Crippen LogP) is 4.64. The molecule has 1 N–H and O–H groups in total. The van der Waals surface area contributed by atoms with Crippen LogP contribution in [0, 0.1) is 11.3 Å². The number of fused-ring (bicyclic) bond motifs is 3. The standard InChI is InChI=1S/C28H42N2O5/c1-19-28(13-16-30(17-14-28)24(32)12-7-6-8-15-29-20(2)31)18-22-25(34-19)21-10-9-11-23(33-5)26(21)35-27(22,3)4/h9-11,19,22,25H,6-8,12-18H2,1-5H3,(H,29,31)/t19-,22-,25+/m0/s1. The molecule has 1 aromatic carbocycles. The molecule has 0 unspecified atom stereocenters. The zero-order chi connectivity index (χ0) is 25.2. The summed E-state index contributed by atoms with van der Waals surface area (Å²) in [6, 6.07) is 6.06. The third kappa shape index (κ3) is 5.30. The summed E-state index contributed by atoms with van der Waals surface area (Å²) in [6.07, 6.45) is 6.40. The van der Waals surface area contributed by atoms with E-state index in [0.29, 0.717) is 13.0 Å². The summed E-state index contributed by atoms with van der Waals surface area (Å²) in [5, 5.41) is 2.81. The van der Waals surface area contributed by atoms with E-state index < -0.39 is 0 Å². The number of benzene rings is 1. The lowest BCUT2D eigenvalue weighted by molar-refractivity contribution is -0.210. The number of methoxy groups -OCH3 is 1. The van der Waals surface area contributed by atoms with Gasteiger partial charge in [0.25, 0.3) is 0 Å². The maximum Gasteiger partial charge on any atom is 0.222 e. The van der Waals surface area contributed by atoms with Crippen LogP contribution in [0.5, 0.6) is 11.5 Å².